The maximum atomic E-state index is 9.66. The van der Waals surface area contributed by atoms with Gasteiger partial charge >= 0.3 is 0 Å². The van der Waals surface area contributed by atoms with E-state index in [2.05, 4.69) is 4.90 Å². The first-order valence-electron chi connectivity index (χ1n) is 4.32. The Morgan fingerprint density at radius 1 is 1.50 bits per heavy atom. The molecule has 12 heavy (non-hydrogen) atoms. The maximum Gasteiger partial charge on any atom is 0.109 e. The van der Waals surface area contributed by atoms with E-state index in [1.807, 2.05) is 29.9 Å². The van der Waals surface area contributed by atoms with Crippen LogP contribution in [0.1, 0.15) is 19.8 Å². The van der Waals surface area contributed by atoms with Crippen molar-refractivity contribution in [3.05, 3.63) is 0 Å². The van der Waals surface area contributed by atoms with Gasteiger partial charge in [-0.1, -0.05) is 0 Å². The fourth-order valence-electron chi connectivity index (χ4n) is 1.42. The van der Waals surface area contributed by atoms with Gasteiger partial charge in [0.25, 0.3) is 0 Å². The Kier molecular flexibility index (Phi) is 4.22. The summed E-state index contributed by atoms with van der Waals surface area (Å²) in [7, 11) is 0. The monoisotopic (exact) mass is 285 g/mol. The van der Waals surface area contributed by atoms with Crippen LogP contribution in [0.5, 0.6) is 0 Å². The molecule has 0 saturated carbocycles. The average Bonchev–Trinajstić information content (AvgIpc) is 2.03. The molecule has 0 unspecified atom stereocenters. The predicted octanol–water partition coefficient (Wildman–Crippen LogP) is 1.20. The summed E-state index contributed by atoms with van der Waals surface area (Å²) >= 11 is 1.91. The van der Waals surface area contributed by atoms with E-state index in [1.165, 1.54) is 0 Å². The summed E-state index contributed by atoms with van der Waals surface area (Å²) in [4.78, 5) is 2.33. The molecule has 0 amide bonds. The molecular weight excluding hydrogens is 269 g/mol. The van der Waals surface area contributed by atoms with Crippen LogP contribution in [0.4, 0.5) is 0 Å². The molecule has 0 aromatic heterocycles. The lowest BCUT2D eigenvalue weighted by Crippen LogP contribution is -2.43. The van der Waals surface area contributed by atoms with Gasteiger partial charge in [0.05, 0.1) is 12.2 Å². The van der Waals surface area contributed by atoms with Crippen LogP contribution in [0.15, 0.2) is 0 Å². The lowest BCUT2D eigenvalue weighted by molar-refractivity contribution is -0.00678. The van der Waals surface area contributed by atoms with Crippen LogP contribution in [-0.4, -0.2) is 41.8 Å². The molecule has 0 aliphatic carbocycles. The summed E-state index contributed by atoms with van der Waals surface area (Å²) in [6, 6.07) is 0. The van der Waals surface area contributed by atoms with E-state index in [-0.39, 0.29) is 0 Å². The van der Waals surface area contributed by atoms with Gasteiger partial charge in [0.1, 0.15) is 23.0 Å². The first-order valence-corrected chi connectivity index (χ1v) is 5.20. The first kappa shape index (κ1) is 10.7. The second-order valence-corrected chi connectivity index (χ2v) is 4.27. The zero-order valence-corrected chi connectivity index (χ0v) is 9.58. The van der Waals surface area contributed by atoms with Crippen LogP contribution >= 0.6 is 23.0 Å². The Morgan fingerprint density at radius 2 is 2.08 bits per heavy atom. The van der Waals surface area contributed by atoms with Crippen LogP contribution in [0, 0.1) is 0 Å². The molecule has 0 aromatic rings. The van der Waals surface area contributed by atoms with Crippen molar-refractivity contribution in [1.29, 1.82) is 0 Å². The van der Waals surface area contributed by atoms with Crippen LogP contribution < -0.4 is 0 Å². The molecule has 3 nitrogen and oxygen atoms in total. The summed E-state index contributed by atoms with van der Waals surface area (Å²) in [5.41, 5.74) is -0.429. The van der Waals surface area contributed by atoms with Crippen LogP contribution in [-0.2, 0) is 3.07 Å². The summed E-state index contributed by atoms with van der Waals surface area (Å²) < 4.78 is 4.96. The molecule has 4 heteroatoms. The minimum atomic E-state index is -0.429. The Morgan fingerprint density at radius 3 is 2.58 bits per heavy atom. The fourth-order valence-corrected chi connectivity index (χ4v) is 1.62. The quantitative estimate of drug-likeness (QED) is 0.791. The van der Waals surface area contributed by atoms with E-state index in [1.54, 1.807) is 0 Å². The maximum absolute atomic E-state index is 9.66. The lowest BCUT2D eigenvalue weighted by Gasteiger charge is -2.35. The van der Waals surface area contributed by atoms with E-state index in [4.69, 9.17) is 3.07 Å². The number of halogens is 1. The SMILES string of the molecule is CC1(O)CCN(CCOI)CC1. The summed E-state index contributed by atoms with van der Waals surface area (Å²) in [6.45, 7) is 5.67. The second-order valence-electron chi connectivity index (χ2n) is 3.65. The molecule has 1 aliphatic rings. The molecule has 1 N–H and O–H groups in total. The van der Waals surface area contributed by atoms with Crippen LogP contribution in [0.3, 0.4) is 0 Å². The largest absolute Gasteiger partial charge is 0.390 e. The first-order chi connectivity index (χ1) is 5.64. The van der Waals surface area contributed by atoms with Gasteiger partial charge in [0.2, 0.25) is 0 Å². The highest BCUT2D eigenvalue weighted by molar-refractivity contribution is 14.1. The molecule has 0 aromatic carbocycles. The van der Waals surface area contributed by atoms with Crippen molar-refractivity contribution in [2.75, 3.05) is 26.2 Å². The van der Waals surface area contributed by atoms with Crippen molar-refractivity contribution in [3.63, 3.8) is 0 Å². The minimum absolute atomic E-state index is 0.429. The number of likely N-dealkylation sites (tertiary alicyclic amines) is 1. The van der Waals surface area contributed by atoms with E-state index in [0.717, 1.165) is 39.1 Å². The normalized spacial score (nSPS) is 24.2. The zero-order valence-electron chi connectivity index (χ0n) is 7.42. The standard InChI is InChI=1S/C8H16INO2/c1-8(11)2-4-10(5-3-8)6-7-12-9/h11H,2-7H2,1H3. The van der Waals surface area contributed by atoms with Gasteiger partial charge in [-0.25, -0.2) is 0 Å². The Hall–Kier alpha value is 0.610. The molecule has 0 bridgehead atoms. The van der Waals surface area contributed by atoms with Crippen molar-refractivity contribution in [3.8, 4) is 0 Å². The number of piperidine rings is 1. The van der Waals surface area contributed by atoms with Gasteiger partial charge in [-0.2, -0.15) is 0 Å². The average molecular weight is 285 g/mol. The van der Waals surface area contributed by atoms with Crippen LogP contribution in [0.25, 0.3) is 0 Å². The molecule has 0 radical (unpaired) electrons. The highest BCUT2D eigenvalue weighted by Gasteiger charge is 2.26. The smallest absolute Gasteiger partial charge is 0.109 e. The number of hydrogen-bond donors (Lipinski definition) is 1. The molecule has 1 fully saturated rings. The van der Waals surface area contributed by atoms with Crippen LogP contribution in [0.2, 0.25) is 0 Å². The summed E-state index contributed by atoms with van der Waals surface area (Å²) in [5.74, 6) is 0. The van der Waals surface area contributed by atoms with Gasteiger partial charge in [-0.05, 0) is 19.8 Å². The van der Waals surface area contributed by atoms with Gasteiger partial charge in [-0.15, -0.1) is 0 Å². The Bertz CT molecular complexity index is 131. The van der Waals surface area contributed by atoms with Crippen molar-refractivity contribution in [2.45, 2.75) is 25.4 Å². The summed E-state index contributed by atoms with van der Waals surface area (Å²) in [5, 5.41) is 9.66. The predicted molar refractivity (Wildman–Crippen MR) is 56.3 cm³/mol. The Labute approximate surface area is 87.8 Å². The summed E-state index contributed by atoms with van der Waals surface area (Å²) in [6.07, 6.45) is 1.77. The Balaban J connectivity index is 2.18. The van der Waals surface area contributed by atoms with E-state index in [0.29, 0.717) is 0 Å². The second kappa shape index (κ2) is 4.74. The van der Waals surface area contributed by atoms with E-state index < -0.39 is 5.60 Å². The van der Waals surface area contributed by atoms with Crippen molar-refractivity contribution < 1.29 is 8.17 Å². The number of hydrogen-bond acceptors (Lipinski definition) is 3. The van der Waals surface area contributed by atoms with Crippen molar-refractivity contribution in [2.24, 2.45) is 0 Å². The molecule has 1 heterocycles. The third-order valence-corrected chi connectivity index (χ3v) is 2.86. The van der Waals surface area contributed by atoms with Gasteiger partial charge in [0.15, 0.2) is 0 Å². The highest BCUT2D eigenvalue weighted by Crippen LogP contribution is 2.20. The van der Waals surface area contributed by atoms with Gasteiger partial charge in [-0.3, -0.25) is 0 Å². The van der Waals surface area contributed by atoms with Gasteiger partial charge < -0.3 is 13.1 Å². The van der Waals surface area contributed by atoms with Crippen molar-refractivity contribution in [1.82, 2.24) is 4.90 Å². The van der Waals surface area contributed by atoms with E-state index >= 15 is 0 Å². The van der Waals surface area contributed by atoms with Gasteiger partial charge in [0, 0.05) is 19.6 Å². The molecule has 0 atom stereocenters. The minimum Gasteiger partial charge on any atom is -0.390 e. The molecule has 1 saturated heterocycles. The molecule has 0 spiro atoms. The molecule has 72 valence electrons. The lowest BCUT2D eigenvalue weighted by atomic mass is 9.94. The molecule has 1 aliphatic heterocycles. The number of rotatable bonds is 3. The highest BCUT2D eigenvalue weighted by atomic mass is 127. The molecule has 1 rings (SSSR count). The third kappa shape index (κ3) is 3.55. The third-order valence-electron chi connectivity index (χ3n) is 2.42. The van der Waals surface area contributed by atoms with E-state index in [9.17, 15) is 5.11 Å². The van der Waals surface area contributed by atoms with Crippen molar-refractivity contribution >= 4 is 23.0 Å². The zero-order chi connectivity index (χ0) is 9.03. The topological polar surface area (TPSA) is 32.7 Å². The number of aliphatic hydroxyl groups is 1. The fraction of sp³-hybridized carbons (Fsp3) is 1.00. The number of nitrogens with zero attached hydrogens (tertiary/aromatic N) is 1. The molecular formula is C8H16INO2.